The molecule has 2 aliphatic rings. The van der Waals surface area contributed by atoms with E-state index in [1.54, 1.807) is 0 Å². The van der Waals surface area contributed by atoms with Crippen molar-refractivity contribution in [3.63, 3.8) is 0 Å². The Hall–Kier alpha value is -1.55. The molecule has 0 spiro atoms. The number of hydrogen-bond acceptors (Lipinski definition) is 3. The Bertz CT molecular complexity index is 487. The molecule has 2 atom stereocenters. The molecule has 120 valence electrons. The van der Waals surface area contributed by atoms with Gasteiger partial charge in [0, 0.05) is 12.1 Å². The summed E-state index contributed by atoms with van der Waals surface area (Å²) in [5.41, 5.74) is 1.04. The summed E-state index contributed by atoms with van der Waals surface area (Å²) < 4.78 is 5.60. The molecule has 0 aromatic heterocycles. The molecule has 0 aliphatic heterocycles. The third kappa shape index (κ3) is 3.61. The second-order valence-corrected chi connectivity index (χ2v) is 6.43. The Labute approximate surface area is 132 Å². The molecule has 1 aromatic carbocycles. The third-order valence-electron chi connectivity index (χ3n) is 4.81. The van der Waals surface area contributed by atoms with E-state index in [4.69, 9.17) is 4.74 Å². The lowest BCUT2D eigenvalue weighted by Gasteiger charge is -2.39. The van der Waals surface area contributed by atoms with E-state index in [9.17, 15) is 4.79 Å². The average molecular weight is 302 g/mol. The van der Waals surface area contributed by atoms with Crippen LogP contribution in [0.4, 0.5) is 4.79 Å². The smallest absolute Gasteiger partial charge is 0.410 e. The van der Waals surface area contributed by atoms with Gasteiger partial charge in [-0.15, -0.1) is 0 Å². The highest BCUT2D eigenvalue weighted by Gasteiger charge is 2.41. The van der Waals surface area contributed by atoms with Gasteiger partial charge in [0.2, 0.25) is 0 Å². The van der Waals surface area contributed by atoms with Crippen LogP contribution in [0.1, 0.15) is 44.1 Å². The molecule has 0 radical (unpaired) electrons. The number of carbonyl (C=O) groups is 1. The number of amides is 1. The Morgan fingerprint density at radius 3 is 2.59 bits per heavy atom. The first-order valence-electron chi connectivity index (χ1n) is 8.46. The molecule has 1 N–H and O–H groups in total. The van der Waals surface area contributed by atoms with Gasteiger partial charge in [-0.25, -0.2) is 4.79 Å². The van der Waals surface area contributed by atoms with Crippen LogP contribution in [0, 0.1) is 0 Å². The van der Waals surface area contributed by atoms with Gasteiger partial charge in [0.05, 0.1) is 6.04 Å². The minimum Gasteiger partial charge on any atom is -0.445 e. The van der Waals surface area contributed by atoms with Gasteiger partial charge in [0.1, 0.15) is 6.61 Å². The molecule has 4 heteroatoms. The lowest BCUT2D eigenvalue weighted by atomic mass is 9.89. The third-order valence-corrected chi connectivity index (χ3v) is 4.81. The molecule has 4 nitrogen and oxygen atoms in total. The molecule has 22 heavy (non-hydrogen) atoms. The maximum absolute atomic E-state index is 12.6. The fourth-order valence-electron chi connectivity index (χ4n) is 3.48. The minimum absolute atomic E-state index is 0.140. The Kier molecular flexibility index (Phi) is 4.98. The quantitative estimate of drug-likeness (QED) is 0.907. The maximum atomic E-state index is 12.6. The van der Waals surface area contributed by atoms with E-state index in [-0.39, 0.29) is 12.1 Å². The highest BCUT2D eigenvalue weighted by Crippen LogP contribution is 2.34. The largest absolute Gasteiger partial charge is 0.445 e. The highest BCUT2D eigenvalue weighted by molar-refractivity contribution is 5.69. The molecular formula is C18H26N2O2. The van der Waals surface area contributed by atoms with Crippen LogP contribution in [-0.2, 0) is 11.3 Å². The molecule has 3 rings (SSSR count). The zero-order chi connectivity index (χ0) is 15.4. The van der Waals surface area contributed by atoms with Gasteiger partial charge in [-0.1, -0.05) is 43.2 Å². The van der Waals surface area contributed by atoms with Crippen molar-refractivity contribution in [2.75, 3.05) is 7.05 Å². The van der Waals surface area contributed by atoms with Crippen molar-refractivity contribution in [1.29, 1.82) is 0 Å². The van der Waals surface area contributed by atoms with Crippen molar-refractivity contribution in [3.8, 4) is 0 Å². The molecule has 2 saturated carbocycles. The van der Waals surface area contributed by atoms with Gasteiger partial charge in [0.15, 0.2) is 0 Å². The monoisotopic (exact) mass is 302 g/mol. The Morgan fingerprint density at radius 2 is 1.91 bits per heavy atom. The number of carbonyl (C=O) groups excluding carboxylic acids is 1. The number of rotatable bonds is 5. The summed E-state index contributed by atoms with van der Waals surface area (Å²) in [5.74, 6) is 0. The molecule has 0 saturated heterocycles. The predicted molar refractivity (Wildman–Crippen MR) is 86.6 cm³/mol. The van der Waals surface area contributed by atoms with Crippen LogP contribution in [0.2, 0.25) is 0 Å². The van der Waals surface area contributed by atoms with Gasteiger partial charge in [-0.3, -0.25) is 0 Å². The van der Waals surface area contributed by atoms with E-state index in [1.165, 1.54) is 12.8 Å². The Morgan fingerprint density at radius 1 is 1.18 bits per heavy atom. The second-order valence-electron chi connectivity index (χ2n) is 6.43. The van der Waals surface area contributed by atoms with Crippen LogP contribution in [0.5, 0.6) is 0 Å². The number of nitrogens with zero attached hydrogens (tertiary/aromatic N) is 1. The lowest BCUT2D eigenvalue weighted by molar-refractivity contribution is 0.0591. The number of ether oxygens (including phenoxy) is 1. The summed E-state index contributed by atoms with van der Waals surface area (Å²) in [6.07, 6.45) is 6.79. The first-order valence-corrected chi connectivity index (χ1v) is 8.46. The molecule has 1 amide bonds. The van der Waals surface area contributed by atoms with Crippen LogP contribution in [0.25, 0.3) is 0 Å². The van der Waals surface area contributed by atoms with Crippen molar-refractivity contribution < 1.29 is 9.53 Å². The van der Waals surface area contributed by atoms with Crippen LogP contribution in [-0.4, -0.2) is 36.2 Å². The summed E-state index contributed by atoms with van der Waals surface area (Å²) in [6, 6.07) is 11.0. The molecule has 0 bridgehead atoms. The van der Waals surface area contributed by atoms with E-state index in [0.29, 0.717) is 18.7 Å². The normalized spacial score (nSPS) is 24.8. The van der Waals surface area contributed by atoms with E-state index in [0.717, 1.165) is 31.2 Å². The predicted octanol–water partition coefficient (Wildman–Crippen LogP) is 3.32. The highest BCUT2D eigenvalue weighted by atomic mass is 16.6. The minimum atomic E-state index is -0.140. The van der Waals surface area contributed by atoms with Crippen molar-refractivity contribution >= 4 is 6.09 Å². The number of benzene rings is 1. The standard InChI is InChI=1S/C18H26N2O2/c1-19-16-9-5-6-10-17(16)20(15-11-12-15)18(21)22-13-14-7-3-2-4-8-14/h2-4,7-8,15-17,19H,5-6,9-13H2,1H3/t16-,17+/m0/s1. The fraction of sp³-hybridized carbons (Fsp3) is 0.611. The summed E-state index contributed by atoms with van der Waals surface area (Å²) in [6.45, 7) is 0.361. The number of likely N-dealkylation sites (N-methyl/N-ethyl adjacent to an activating group) is 1. The van der Waals surface area contributed by atoms with E-state index in [1.807, 2.05) is 42.3 Å². The van der Waals surface area contributed by atoms with Crippen LogP contribution in [0.15, 0.2) is 30.3 Å². The molecule has 0 heterocycles. The van der Waals surface area contributed by atoms with Crippen molar-refractivity contribution in [2.45, 2.75) is 63.3 Å². The maximum Gasteiger partial charge on any atom is 0.410 e. The summed E-state index contributed by atoms with van der Waals surface area (Å²) in [7, 11) is 2.00. The van der Waals surface area contributed by atoms with E-state index < -0.39 is 0 Å². The summed E-state index contributed by atoms with van der Waals surface area (Å²) >= 11 is 0. The fourth-order valence-corrected chi connectivity index (χ4v) is 3.48. The number of hydrogen-bond donors (Lipinski definition) is 1. The average Bonchev–Trinajstić information content (AvgIpc) is 3.39. The van der Waals surface area contributed by atoms with Crippen LogP contribution < -0.4 is 5.32 Å². The molecule has 2 fully saturated rings. The molecular weight excluding hydrogens is 276 g/mol. The second kappa shape index (κ2) is 7.14. The summed E-state index contributed by atoms with van der Waals surface area (Å²) in [4.78, 5) is 14.7. The topological polar surface area (TPSA) is 41.6 Å². The lowest BCUT2D eigenvalue weighted by Crippen LogP contribution is -2.54. The Balaban J connectivity index is 1.64. The first kappa shape index (κ1) is 15.3. The van der Waals surface area contributed by atoms with Gasteiger partial charge >= 0.3 is 6.09 Å². The zero-order valence-electron chi connectivity index (χ0n) is 13.3. The van der Waals surface area contributed by atoms with Crippen molar-refractivity contribution in [3.05, 3.63) is 35.9 Å². The zero-order valence-corrected chi connectivity index (χ0v) is 13.3. The van der Waals surface area contributed by atoms with E-state index in [2.05, 4.69) is 5.32 Å². The van der Waals surface area contributed by atoms with Crippen LogP contribution >= 0.6 is 0 Å². The summed E-state index contributed by atoms with van der Waals surface area (Å²) in [5, 5.41) is 3.40. The van der Waals surface area contributed by atoms with Crippen LogP contribution in [0.3, 0.4) is 0 Å². The molecule has 1 aromatic rings. The van der Waals surface area contributed by atoms with Crippen molar-refractivity contribution in [1.82, 2.24) is 10.2 Å². The SMILES string of the molecule is CN[C@H]1CCCC[C@H]1N(C(=O)OCc1ccccc1)C1CC1. The van der Waals surface area contributed by atoms with Gasteiger partial charge in [-0.05, 0) is 38.3 Å². The number of nitrogens with one attached hydrogen (secondary N) is 1. The van der Waals surface area contributed by atoms with E-state index >= 15 is 0 Å². The van der Waals surface area contributed by atoms with Gasteiger partial charge < -0.3 is 15.0 Å². The molecule has 2 aliphatic carbocycles. The molecule has 0 unspecified atom stereocenters. The first-order chi connectivity index (χ1) is 10.8. The van der Waals surface area contributed by atoms with Gasteiger partial charge in [-0.2, -0.15) is 0 Å². The van der Waals surface area contributed by atoms with Gasteiger partial charge in [0.25, 0.3) is 0 Å². The van der Waals surface area contributed by atoms with Crippen molar-refractivity contribution in [2.24, 2.45) is 0 Å².